The van der Waals surface area contributed by atoms with E-state index in [0.717, 1.165) is 0 Å². The third-order valence-corrected chi connectivity index (χ3v) is 2.26. The molecular weight excluding hydrogens is 216 g/mol. The Bertz CT molecular complexity index is 379. The topological polar surface area (TPSA) is 43.1 Å². The summed E-state index contributed by atoms with van der Waals surface area (Å²) in [5.74, 6) is -1.27. The molecule has 0 aliphatic rings. The van der Waals surface area contributed by atoms with E-state index >= 15 is 0 Å². The van der Waals surface area contributed by atoms with Crippen LogP contribution in [0, 0.1) is 5.82 Å². The molecule has 0 atom stereocenters. The Hall–Kier alpha value is -0.800. The lowest BCUT2D eigenvalue weighted by molar-refractivity contribution is 0.101. The van der Waals surface area contributed by atoms with Crippen LogP contribution in [0.2, 0.25) is 10.0 Å². The number of rotatable bonds is 1. The zero-order chi connectivity index (χ0) is 10.2. The standard InChI is InChI=1S/C8H6Cl2FNO/c1-3(13)4-2-5(9)8(12)6(10)7(4)11/h2H,12H2,1H3. The Morgan fingerprint density at radius 3 is 2.54 bits per heavy atom. The van der Waals surface area contributed by atoms with Crippen molar-refractivity contribution in [2.24, 2.45) is 0 Å². The minimum Gasteiger partial charge on any atom is -0.396 e. The summed E-state index contributed by atoms with van der Waals surface area (Å²) in [6.45, 7) is 1.22. The van der Waals surface area contributed by atoms with Gasteiger partial charge in [0.2, 0.25) is 0 Å². The molecule has 0 amide bonds. The number of hydrogen-bond acceptors (Lipinski definition) is 2. The lowest BCUT2D eigenvalue weighted by atomic mass is 10.1. The van der Waals surface area contributed by atoms with Gasteiger partial charge in [0.25, 0.3) is 0 Å². The Morgan fingerprint density at radius 1 is 1.54 bits per heavy atom. The van der Waals surface area contributed by atoms with Crippen molar-refractivity contribution < 1.29 is 9.18 Å². The first-order valence-electron chi connectivity index (χ1n) is 3.39. The Kier molecular flexibility index (Phi) is 2.78. The van der Waals surface area contributed by atoms with Crippen LogP contribution >= 0.6 is 23.2 Å². The molecule has 0 unspecified atom stereocenters. The number of hydrogen-bond donors (Lipinski definition) is 1. The molecular formula is C8H6Cl2FNO. The summed E-state index contributed by atoms with van der Waals surface area (Å²) in [4.78, 5) is 10.9. The van der Waals surface area contributed by atoms with Crippen LogP contribution in [0.1, 0.15) is 17.3 Å². The number of carbonyl (C=O) groups is 1. The predicted octanol–water partition coefficient (Wildman–Crippen LogP) is 2.92. The number of nitrogen functional groups attached to an aromatic ring is 1. The van der Waals surface area contributed by atoms with Gasteiger partial charge in [0.05, 0.1) is 16.3 Å². The number of benzene rings is 1. The molecule has 0 aromatic heterocycles. The van der Waals surface area contributed by atoms with Gasteiger partial charge in [0.1, 0.15) is 5.02 Å². The van der Waals surface area contributed by atoms with Gasteiger partial charge < -0.3 is 5.73 Å². The second-order valence-electron chi connectivity index (χ2n) is 2.50. The summed E-state index contributed by atoms with van der Waals surface area (Å²) < 4.78 is 13.2. The Morgan fingerprint density at radius 2 is 2.08 bits per heavy atom. The molecule has 0 saturated carbocycles. The van der Waals surface area contributed by atoms with E-state index in [-0.39, 0.29) is 21.3 Å². The minimum atomic E-state index is -0.823. The van der Waals surface area contributed by atoms with E-state index in [4.69, 9.17) is 28.9 Å². The van der Waals surface area contributed by atoms with Crippen molar-refractivity contribution >= 4 is 34.7 Å². The van der Waals surface area contributed by atoms with Crippen molar-refractivity contribution in [3.8, 4) is 0 Å². The van der Waals surface area contributed by atoms with Crippen molar-refractivity contribution in [3.05, 3.63) is 27.5 Å². The van der Waals surface area contributed by atoms with E-state index in [0.29, 0.717) is 0 Å². The first-order valence-corrected chi connectivity index (χ1v) is 4.14. The minimum absolute atomic E-state index is 0.0502. The van der Waals surface area contributed by atoms with Gasteiger partial charge in [-0.2, -0.15) is 0 Å². The Labute approximate surface area is 84.4 Å². The van der Waals surface area contributed by atoms with Crippen molar-refractivity contribution in [1.29, 1.82) is 0 Å². The second-order valence-corrected chi connectivity index (χ2v) is 3.29. The molecule has 0 heterocycles. The van der Waals surface area contributed by atoms with E-state index < -0.39 is 11.6 Å². The molecule has 0 saturated heterocycles. The van der Waals surface area contributed by atoms with Crippen molar-refractivity contribution in [1.82, 2.24) is 0 Å². The van der Waals surface area contributed by atoms with E-state index in [2.05, 4.69) is 0 Å². The fourth-order valence-electron chi connectivity index (χ4n) is 0.865. The first kappa shape index (κ1) is 10.3. The number of anilines is 1. The summed E-state index contributed by atoms with van der Waals surface area (Å²) in [6, 6.07) is 1.17. The third kappa shape index (κ3) is 1.76. The van der Waals surface area contributed by atoms with Gasteiger partial charge in [-0.15, -0.1) is 0 Å². The largest absolute Gasteiger partial charge is 0.396 e. The lowest BCUT2D eigenvalue weighted by Crippen LogP contribution is -2.01. The number of Topliss-reactive ketones (excluding diaryl/α,β-unsaturated/α-hetero) is 1. The average Bonchev–Trinajstić information content (AvgIpc) is 2.07. The molecule has 13 heavy (non-hydrogen) atoms. The summed E-state index contributed by atoms with van der Waals surface area (Å²) in [5.41, 5.74) is 5.14. The van der Waals surface area contributed by atoms with Crippen LogP contribution in [0.15, 0.2) is 6.07 Å². The molecule has 70 valence electrons. The molecule has 5 heteroatoms. The summed E-state index contributed by atoms with van der Waals surface area (Å²) in [6.07, 6.45) is 0. The van der Waals surface area contributed by atoms with E-state index in [1.165, 1.54) is 13.0 Å². The van der Waals surface area contributed by atoms with Gasteiger partial charge in [-0.1, -0.05) is 23.2 Å². The normalized spacial score (nSPS) is 10.2. The van der Waals surface area contributed by atoms with Gasteiger partial charge in [-0.05, 0) is 13.0 Å². The molecule has 0 bridgehead atoms. The number of nitrogens with two attached hydrogens (primary N) is 1. The van der Waals surface area contributed by atoms with Crippen LogP contribution in [-0.2, 0) is 0 Å². The Balaban J connectivity index is 3.50. The summed E-state index contributed by atoms with van der Waals surface area (Å²) in [7, 11) is 0. The van der Waals surface area contributed by atoms with E-state index in [1.807, 2.05) is 0 Å². The molecule has 1 rings (SSSR count). The summed E-state index contributed by atoms with van der Waals surface area (Å²) in [5, 5.41) is -0.227. The highest BCUT2D eigenvalue weighted by Crippen LogP contribution is 2.32. The third-order valence-electron chi connectivity index (χ3n) is 1.57. The lowest BCUT2D eigenvalue weighted by Gasteiger charge is -2.05. The first-order chi connectivity index (χ1) is 5.95. The molecule has 0 aliphatic heterocycles. The van der Waals surface area contributed by atoms with Crippen LogP contribution in [0.4, 0.5) is 10.1 Å². The van der Waals surface area contributed by atoms with Gasteiger partial charge in [0.15, 0.2) is 11.6 Å². The van der Waals surface area contributed by atoms with Crippen LogP contribution in [0.25, 0.3) is 0 Å². The van der Waals surface area contributed by atoms with Crippen LogP contribution in [-0.4, -0.2) is 5.78 Å². The molecule has 0 fully saturated rings. The van der Waals surface area contributed by atoms with Gasteiger partial charge >= 0.3 is 0 Å². The second kappa shape index (κ2) is 3.52. The van der Waals surface area contributed by atoms with Crippen LogP contribution in [0.5, 0.6) is 0 Å². The van der Waals surface area contributed by atoms with Crippen molar-refractivity contribution in [2.45, 2.75) is 6.92 Å². The molecule has 0 radical (unpaired) electrons. The number of carbonyl (C=O) groups excluding carboxylic acids is 1. The fourth-order valence-corrected chi connectivity index (χ4v) is 1.32. The summed E-state index contributed by atoms with van der Waals surface area (Å²) >= 11 is 11.1. The molecule has 1 aromatic carbocycles. The quantitative estimate of drug-likeness (QED) is 0.451. The van der Waals surface area contributed by atoms with Crippen molar-refractivity contribution in [2.75, 3.05) is 5.73 Å². The maximum Gasteiger partial charge on any atom is 0.162 e. The van der Waals surface area contributed by atoms with Gasteiger partial charge in [0, 0.05) is 0 Å². The smallest absolute Gasteiger partial charge is 0.162 e. The average molecular weight is 222 g/mol. The molecule has 2 N–H and O–H groups in total. The molecule has 2 nitrogen and oxygen atoms in total. The maximum atomic E-state index is 13.2. The highest BCUT2D eigenvalue weighted by Gasteiger charge is 2.16. The zero-order valence-electron chi connectivity index (χ0n) is 6.70. The van der Waals surface area contributed by atoms with Crippen LogP contribution < -0.4 is 5.73 Å². The fraction of sp³-hybridized carbons (Fsp3) is 0.125. The number of halogens is 3. The number of ketones is 1. The molecule has 1 aromatic rings. The monoisotopic (exact) mass is 221 g/mol. The van der Waals surface area contributed by atoms with Crippen LogP contribution in [0.3, 0.4) is 0 Å². The van der Waals surface area contributed by atoms with Crippen molar-refractivity contribution in [3.63, 3.8) is 0 Å². The molecule has 0 aliphatic carbocycles. The SMILES string of the molecule is CC(=O)c1cc(Cl)c(N)c(Cl)c1F. The van der Waals surface area contributed by atoms with E-state index in [1.54, 1.807) is 0 Å². The van der Waals surface area contributed by atoms with E-state index in [9.17, 15) is 9.18 Å². The molecule has 0 spiro atoms. The predicted molar refractivity (Wildman–Crippen MR) is 50.8 cm³/mol. The highest BCUT2D eigenvalue weighted by atomic mass is 35.5. The van der Waals surface area contributed by atoms with Gasteiger partial charge in [-0.3, -0.25) is 4.79 Å². The maximum absolute atomic E-state index is 13.2. The van der Waals surface area contributed by atoms with Gasteiger partial charge in [-0.25, -0.2) is 4.39 Å². The highest BCUT2D eigenvalue weighted by molar-refractivity contribution is 6.39. The zero-order valence-corrected chi connectivity index (χ0v) is 8.21.